The minimum absolute atomic E-state index is 0.532. The lowest BCUT2D eigenvalue weighted by molar-refractivity contribution is 0.631. The Labute approximate surface area is 154 Å². The molecule has 2 heteroatoms. The van der Waals surface area contributed by atoms with Gasteiger partial charge in [0.2, 0.25) is 0 Å². The summed E-state index contributed by atoms with van der Waals surface area (Å²) < 4.78 is 6.14. The molecule has 4 aromatic rings. The van der Waals surface area contributed by atoms with Crippen LogP contribution in [-0.4, -0.2) is 4.98 Å². The molecular weight excluding hydrogens is 318 g/mol. The van der Waals surface area contributed by atoms with Crippen molar-refractivity contribution in [3.05, 3.63) is 77.5 Å². The van der Waals surface area contributed by atoms with E-state index < -0.39 is 0 Å². The quantitative estimate of drug-likeness (QED) is 0.405. The molecule has 2 aromatic carbocycles. The fourth-order valence-electron chi connectivity index (χ4n) is 3.39. The Morgan fingerprint density at radius 3 is 2.15 bits per heavy atom. The van der Waals surface area contributed by atoms with Crippen LogP contribution in [0.15, 0.2) is 65.2 Å². The zero-order chi connectivity index (χ0) is 18.3. The molecule has 0 spiro atoms. The lowest BCUT2D eigenvalue weighted by atomic mass is 10.0. The molecule has 0 amide bonds. The summed E-state index contributed by atoms with van der Waals surface area (Å²) in [5, 5.41) is 1.03. The van der Waals surface area contributed by atoms with Crippen molar-refractivity contribution in [1.82, 2.24) is 4.98 Å². The highest BCUT2D eigenvalue weighted by Crippen LogP contribution is 2.31. The highest BCUT2D eigenvalue weighted by molar-refractivity contribution is 5.85. The van der Waals surface area contributed by atoms with Crippen LogP contribution in [0.2, 0.25) is 0 Å². The Bertz CT molecular complexity index is 1050. The molecule has 0 aliphatic heterocycles. The zero-order valence-corrected chi connectivity index (χ0v) is 15.7. The molecular formula is C24H23NO. The Morgan fingerprint density at radius 2 is 1.50 bits per heavy atom. The minimum Gasteiger partial charge on any atom is -0.456 e. The molecule has 0 radical (unpaired) electrons. The maximum Gasteiger partial charge on any atom is 0.138 e. The summed E-state index contributed by atoms with van der Waals surface area (Å²) in [6, 6.07) is 19.2. The van der Waals surface area contributed by atoms with Crippen LogP contribution >= 0.6 is 0 Å². The van der Waals surface area contributed by atoms with Crippen LogP contribution in [0.5, 0.6) is 0 Å². The number of aryl methyl sites for hydroxylation is 2. The standard InChI is InChI=1S/C24H23NO/c1-15(2)18-5-7-19(8-6-18)23-12-21-14-25-22(13-24(21)26-23)20-10-16(3)9-17(4)11-20/h5-15H,1-4H3. The number of furan rings is 1. The maximum atomic E-state index is 6.14. The van der Waals surface area contributed by atoms with Crippen LogP contribution in [0.25, 0.3) is 33.6 Å². The molecule has 2 aromatic heterocycles. The number of hydrogen-bond acceptors (Lipinski definition) is 2. The van der Waals surface area contributed by atoms with E-state index in [1.807, 2.05) is 12.3 Å². The average Bonchev–Trinajstić information content (AvgIpc) is 3.04. The lowest BCUT2D eigenvalue weighted by Gasteiger charge is -2.05. The Morgan fingerprint density at radius 1 is 0.808 bits per heavy atom. The lowest BCUT2D eigenvalue weighted by Crippen LogP contribution is -1.85. The van der Waals surface area contributed by atoms with E-state index in [1.54, 1.807) is 0 Å². The highest BCUT2D eigenvalue weighted by atomic mass is 16.3. The number of fused-ring (bicyclic) bond motifs is 1. The fourth-order valence-corrected chi connectivity index (χ4v) is 3.39. The second kappa shape index (κ2) is 6.45. The first kappa shape index (κ1) is 16.6. The molecule has 0 bridgehead atoms. The molecule has 4 rings (SSSR count). The molecule has 2 heterocycles. The van der Waals surface area contributed by atoms with Gasteiger partial charge >= 0.3 is 0 Å². The van der Waals surface area contributed by atoms with Gasteiger partial charge in [-0.05, 0) is 43.5 Å². The monoisotopic (exact) mass is 341 g/mol. The van der Waals surface area contributed by atoms with Crippen molar-refractivity contribution < 1.29 is 4.42 Å². The van der Waals surface area contributed by atoms with Crippen LogP contribution in [0.1, 0.15) is 36.5 Å². The van der Waals surface area contributed by atoms with Crippen molar-refractivity contribution in [3.63, 3.8) is 0 Å². The van der Waals surface area contributed by atoms with E-state index in [4.69, 9.17) is 4.42 Å². The van der Waals surface area contributed by atoms with Crippen LogP contribution in [0.4, 0.5) is 0 Å². The van der Waals surface area contributed by atoms with E-state index in [0.29, 0.717) is 5.92 Å². The van der Waals surface area contributed by atoms with Crippen molar-refractivity contribution in [2.45, 2.75) is 33.6 Å². The minimum atomic E-state index is 0.532. The Hall–Kier alpha value is -2.87. The number of benzene rings is 2. The summed E-state index contributed by atoms with van der Waals surface area (Å²) in [7, 11) is 0. The molecule has 0 N–H and O–H groups in total. The molecule has 26 heavy (non-hydrogen) atoms. The molecule has 130 valence electrons. The van der Waals surface area contributed by atoms with Gasteiger partial charge in [0.25, 0.3) is 0 Å². The van der Waals surface area contributed by atoms with Gasteiger partial charge in [0.05, 0.1) is 5.69 Å². The average molecular weight is 341 g/mol. The number of hydrogen-bond donors (Lipinski definition) is 0. The molecule has 0 saturated heterocycles. The van der Waals surface area contributed by atoms with Crippen LogP contribution in [0.3, 0.4) is 0 Å². The predicted molar refractivity (Wildman–Crippen MR) is 108 cm³/mol. The topological polar surface area (TPSA) is 26.0 Å². The van der Waals surface area contributed by atoms with Gasteiger partial charge in [-0.25, -0.2) is 0 Å². The first-order chi connectivity index (χ1) is 12.5. The fraction of sp³-hybridized carbons (Fsp3) is 0.208. The third kappa shape index (κ3) is 3.15. The van der Waals surface area contributed by atoms with E-state index in [-0.39, 0.29) is 0 Å². The summed E-state index contributed by atoms with van der Waals surface area (Å²) in [4.78, 5) is 4.64. The first-order valence-electron chi connectivity index (χ1n) is 9.08. The molecule has 0 aliphatic carbocycles. The first-order valence-corrected chi connectivity index (χ1v) is 9.08. The summed E-state index contributed by atoms with van der Waals surface area (Å²) in [5.74, 6) is 1.42. The Kier molecular flexibility index (Phi) is 4.12. The summed E-state index contributed by atoms with van der Waals surface area (Å²) in [6.45, 7) is 8.63. The van der Waals surface area contributed by atoms with Crippen molar-refractivity contribution in [1.29, 1.82) is 0 Å². The van der Waals surface area contributed by atoms with Crippen LogP contribution in [0, 0.1) is 13.8 Å². The molecule has 0 unspecified atom stereocenters. The van der Waals surface area contributed by atoms with Gasteiger partial charge in [0, 0.05) is 28.8 Å². The zero-order valence-electron chi connectivity index (χ0n) is 15.7. The molecule has 2 nitrogen and oxygen atoms in total. The van der Waals surface area contributed by atoms with E-state index in [1.165, 1.54) is 16.7 Å². The number of nitrogens with zero attached hydrogens (tertiary/aromatic N) is 1. The Balaban J connectivity index is 1.73. The molecule has 0 fully saturated rings. The van der Waals surface area contributed by atoms with Crippen molar-refractivity contribution in [2.24, 2.45) is 0 Å². The number of rotatable bonds is 3. The van der Waals surface area contributed by atoms with E-state index in [2.05, 4.69) is 81.2 Å². The molecule has 0 saturated carbocycles. The van der Waals surface area contributed by atoms with Crippen molar-refractivity contribution >= 4 is 11.0 Å². The number of pyridine rings is 1. The second-order valence-corrected chi connectivity index (χ2v) is 7.37. The van der Waals surface area contributed by atoms with E-state index in [0.717, 1.165) is 33.6 Å². The van der Waals surface area contributed by atoms with Gasteiger partial charge in [0.15, 0.2) is 0 Å². The van der Waals surface area contributed by atoms with Crippen LogP contribution in [-0.2, 0) is 0 Å². The third-order valence-corrected chi connectivity index (χ3v) is 4.78. The smallest absolute Gasteiger partial charge is 0.138 e. The number of aromatic nitrogens is 1. The maximum absolute atomic E-state index is 6.14. The van der Waals surface area contributed by atoms with Gasteiger partial charge in [0.1, 0.15) is 11.3 Å². The van der Waals surface area contributed by atoms with E-state index >= 15 is 0 Å². The summed E-state index contributed by atoms with van der Waals surface area (Å²) >= 11 is 0. The second-order valence-electron chi connectivity index (χ2n) is 7.37. The van der Waals surface area contributed by atoms with Gasteiger partial charge in [-0.3, -0.25) is 4.98 Å². The molecule has 0 atom stereocenters. The van der Waals surface area contributed by atoms with Gasteiger partial charge < -0.3 is 4.42 Å². The largest absolute Gasteiger partial charge is 0.456 e. The van der Waals surface area contributed by atoms with Crippen molar-refractivity contribution in [3.8, 4) is 22.6 Å². The molecule has 0 aliphatic rings. The SMILES string of the molecule is Cc1cc(C)cc(-c2cc3oc(-c4ccc(C(C)C)cc4)cc3cn2)c1. The third-order valence-electron chi connectivity index (χ3n) is 4.78. The van der Waals surface area contributed by atoms with Gasteiger partial charge in [-0.15, -0.1) is 0 Å². The predicted octanol–water partition coefficient (Wildman–Crippen LogP) is 6.90. The summed E-state index contributed by atoms with van der Waals surface area (Å²) in [6.07, 6.45) is 1.90. The summed E-state index contributed by atoms with van der Waals surface area (Å²) in [5.41, 5.74) is 7.86. The van der Waals surface area contributed by atoms with Gasteiger partial charge in [-0.1, -0.05) is 55.3 Å². The normalized spacial score (nSPS) is 11.4. The highest BCUT2D eigenvalue weighted by Gasteiger charge is 2.10. The van der Waals surface area contributed by atoms with Crippen LogP contribution < -0.4 is 0 Å². The van der Waals surface area contributed by atoms with Crippen molar-refractivity contribution in [2.75, 3.05) is 0 Å². The van der Waals surface area contributed by atoms with Gasteiger partial charge in [-0.2, -0.15) is 0 Å². The van der Waals surface area contributed by atoms with E-state index in [9.17, 15) is 0 Å².